The van der Waals surface area contributed by atoms with E-state index in [4.69, 9.17) is 11.6 Å². The first-order chi connectivity index (χ1) is 10.1. The Morgan fingerprint density at radius 3 is 2.57 bits per heavy atom. The topological polar surface area (TPSA) is 42.3 Å². The predicted molar refractivity (Wildman–Crippen MR) is 84.0 cm³/mol. The largest absolute Gasteiger partial charge is 0.346 e. The van der Waals surface area contributed by atoms with Crippen molar-refractivity contribution in [3.8, 4) is 0 Å². The molecule has 2 aliphatic rings. The molecule has 0 amide bonds. The summed E-state index contributed by atoms with van der Waals surface area (Å²) in [6.45, 7) is 3.29. The van der Waals surface area contributed by atoms with E-state index in [-0.39, 0.29) is 0 Å². The van der Waals surface area contributed by atoms with Crippen LogP contribution in [-0.2, 0) is 15.9 Å². The van der Waals surface area contributed by atoms with Gasteiger partial charge in [-0.05, 0) is 44.1 Å². The summed E-state index contributed by atoms with van der Waals surface area (Å²) in [6, 6.07) is 2.21. The van der Waals surface area contributed by atoms with Crippen molar-refractivity contribution in [3.63, 3.8) is 0 Å². The quantitative estimate of drug-likeness (QED) is 0.686. The molecule has 2 aliphatic carbocycles. The molecule has 0 unspecified atom stereocenters. The van der Waals surface area contributed by atoms with E-state index in [1.165, 1.54) is 0 Å². The Bertz CT molecular complexity index is 603. The first-order valence-electron chi connectivity index (χ1n) is 7.83. The van der Waals surface area contributed by atoms with Gasteiger partial charge in [-0.2, -0.15) is 4.31 Å². The fraction of sp³-hybridized carbons (Fsp3) is 0.733. The highest BCUT2D eigenvalue weighted by atomic mass is 35.5. The van der Waals surface area contributed by atoms with Crippen LogP contribution in [0.3, 0.4) is 0 Å². The molecule has 2 saturated carbocycles. The number of sulfonamides is 1. The Balaban J connectivity index is 1.87. The minimum absolute atomic E-state index is 0.364. The van der Waals surface area contributed by atoms with Crippen LogP contribution >= 0.6 is 11.6 Å². The minimum Gasteiger partial charge on any atom is -0.346 e. The van der Waals surface area contributed by atoms with Crippen LogP contribution in [0.2, 0.25) is 0 Å². The smallest absolute Gasteiger partial charge is 0.244 e. The number of hydrogen-bond donors (Lipinski definition) is 0. The van der Waals surface area contributed by atoms with E-state index < -0.39 is 10.0 Å². The maximum atomic E-state index is 12.9. The van der Waals surface area contributed by atoms with Gasteiger partial charge in [-0.15, -0.1) is 11.6 Å². The molecule has 0 N–H and O–H groups in total. The third-order valence-electron chi connectivity index (χ3n) is 4.25. The molecule has 6 heteroatoms. The van der Waals surface area contributed by atoms with Gasteiger partial charge in [0.05, 0.1) is 5.88 Å². The van der Waals surface area contributed by atoms with Crippen molar-refractivity contribution in [2.75, 3.05) is 13.1 Å². The lowest BCUT2D eigenvalue weighted by Gasteiger charge is -2.20. The molecule has 0 aliphatic heterocycles. The summed E-state index contributed by atoms with van der Waals surface area (Å²) in [6.07, 6.45) is 7.20. The maximum Gasteiger partial charge on any atom is 0.244 e. The first kappa shape index (κ1) is 15.4. The SMILES string of the molecule is CCCN(CC1CC1)S(=O)(=O)c1cc(CCl)n(C2CC2)c1. The molecular formula is C15H23ClN2O2S. The van der Waals surface area contributed by atoms with E-state index in [1.807, 2.05) is 6.92 Å². The summed E-state index contributed by atoms with van der Waals surface area (Å²) >= 11 is 5.97. The zero-order valence-corrected chi connectivity index (χ0v) is 14.0. The van der Waals surface area contributed by atoms with Crippen molar-refractivity contribution in [1.82, 2.24) is 8.87 Å². The van der Waals surface area contributed by atoms with Crippen molar-refractivity contribution < 1.29 is 8.42 Å². The maximum absolute atomic E-state index is 12.9. The van der Waals surface area contributed by atoms with Gasteiger partial charge in [0.15, 0.2) is 0 Å². The molecule has 118 valence electrons. The summed E-state index contributed by atoms with van der Waals surface area (Å²) in [5.41, 5.74) is 0.917. The van der Waals surface area contributed by atoms with Crippen molar-refractivity contribution in [3.05, 3.63) is 18.0 Å². The lowest BCUT2D eigenvalue weighted by Crippen LogP contribution is -2.33. The molecule has 0 saturated heterocycles. The van der Waals surface area contributed by atoms with E-state index in [2.05, 4.69) is 4.57 Å². The normalized spacial score (nSPS) is 19.4. The third-order valence-corrected chi connectivity index (χ3v) is 6.36. The molecule has 21 heavy (non-hydrogen) atoms. The molecule has 1 heterocycles. The summed E-state index contributed by atoms with van der Waals surface area (Å²) in [4.78, 5) is 0.416. The van der Waals surface area contributed by atoms with Gasteiger partial charge in [0.25, 0.3) is 0 Å². The number of aromatic nitrogens is 1. The Morgan fingerprint density at radius 2 is 2.05 bits per heavy atom. The highest BCUT2D eigenvalue weighted by molar-refractivity contribution is 7.89. The number of halogens is 1. The molecule has 0 bridgehead atoms. The first-order valence-corrected chi connectivity index (χ1v) is 9.80. The highest BCUT2D eigenvalue weighted by Gasteiger charge is 2.33. The molecule has 1 aromatic rings. The van der Waals surface area contributed by atoms with E-state index >= 15 is 0 Å². The second-order valence-electron chi connectivity index (χ2n) is 6.25. The van der Waals surface area contributed by atoms with Gasteiger partial charge in [-0.25, -0.2) is 8.42 Å². The third kappa shape index (κ3) is 3.30. The van der Waals surface area contributed by atoms with Gasteiger partial charge in [0.2, 0.25) is 10.0 Å². The second kappa shape index (κ2) is 5.94. The van der Waals surface area contributed by atoms with E-state index in [0.717, 1.165) is 37.8 Å². The van der Waals surface area contributed by atoms with Crippen LogP contribution < -0.4 is 0 Å². The summed E-state index contributed by atoms with van der Waals surface area (Å²) in [7, 11) is -3.38. The van der Waals surface area contributed by atoms with E-state index in [9.17, 15) is 8.42 Å². The van der Waals surface area contributed by atoms with Crippen LogP contribution in [0.1, 0.15) is 50.8 Å². The molecule has 0 spiro atoms. The molecule has 1 aromatic heterocycles. The van der Waals surface area contributed by atoms with Gasteiger partial charge in [0, 0.05) is 31.0 Å². The fourth-order valence-corrected chi connectivity index (χ4v) is 4.61. The Morgan fingerprint density at radius 1 is 1.33 bits per heavy atom. The van der Waals surface area contributed by atoms with Gasteiger partial charge >= 0.3 is 0 Å². The Labute approximate surface area is 132 Å². The van der Waals surface area contributed by atoms with Crippen LogP contribution in [-0.4, -0.2) is 30.4 Å². The summed E-state index contributed by atoms with van der Waals surface area (Å²) < 4.78 is 29.5. The zero-order chi connectivity index (χ0) is 15.0. The standard InChI is InChI=1S/C15H23ClN2O2S/c1-2-7-17(10-12-3-4-12)21(19,20)15-8-14(9-16)18(11-15)13-5-6-13/h8,11-13H,2-7,9-10H2,1H3. The lowest BCUT2D eigenvalue weighted by atomic mass is 10.4. The van der Waals surface area contributed by atoms with Gasteiger partial charge in [-0.3, -0.25) is 0 Å². The number of rotatable bonds is 8. The monoisotopic (exact) mass is 330 g/mol. The number of alkyl halides is 1. The molecule has 3 rings (SSSR count). The average molecular weight is 331 g/mol. The van der Waals surface area contributed by atoms with Crippen molar-refractivity contribution in [2.45, 2.75) is 55.8 Å². The van der Waals surface area contributed by atoms with Gasteiger partial charge < -0.3 is 4.57 Å². The molecule has 0 radical (unpaired) electrons. The van der Waals surface area contributed by atoms with Gasteiger partial charge in [-0.1, -0.05) is 6.92 Å². The minimum atomic E-state index is -3.38. The summed E-state index contributed by atoms with van der Waals surface area (Å²) in [5.74, 6) is 0.923. The molecule has 2 fully saturated rings. The van der Waals surface area contributed by atoms with Crippen LogP contribution in [0.5, 0.6) is 0 Å². The van der Waals surface area contributed by atoms with Crippen LogP contribution in [0.25, 0.3) is 0 Å². The summed E-state index contributed by atoms with van der Waals surface area (Å²) in [5, 5.41) is 0. The number of nitrogens with zero attached hydrogens (tertiary/aromatic N) is 2. The highest BCUT2D eigenvalue weighted by Crippen LogP contribution is 2.38. The van der Waals surface area contributed by atoms with Crippen LogP contribution in [0.15, 0.2) is 17.2 Å². The van der Waals surface area contributed by atoms with Crippen molar-refractivity contribution in [2.24, 2.45) is 5.92 Å². The zero-order valence-electron chi connectivity index (χ0n) is 12.5. The van der Waals surface area contributed by atoms with Gasteiger partial charge in [0.1, 0.15) is 4.90 Å². The van der Waals surface area contributed by atoms with Crippen LogP contribution in [0, 0.1) is 5.92 Å². The Kier molecular flexibility index (Phi) is 4.35. The van der Waals surface area contributed by atoms with E-state index in [0.29, 0.717) is 35.8 Å². The van der Waals surface area contributed by atoms with E-state index in [1.54, 1.807) is 16.6 Å². The van der Waals surface area contributed by atoms with Crippen LogP contribution in [0.4, 0.5) is 0 Å². The molecule has 0 aromatic carbocycles. The number of hydrogen-bond acceptors (Lipinski definition) is 2. The van der Waals surface area contributed by atoms with Crippen molar-refractivity contribution >= 4 is 21.6 Å². The second-order valence-corrected chi connectivity index (χ2v) is 8.45. The van der Waals surface area contributed by atoms with Crippen molar-refractivity contribution in [1.29, 1.82) is 0 Å². The molecule has 0 atom stereocenters. The molecular weight excluding hydrogens is 308 g/mol. The lowest BCUT2D eigenvalue weighted by molar-refractivity contribution is 0.395. The Hall–Kier alpha value is -0.520. The average Bonchev–Trinajstić information content (AvgIpc) is 3.37. The molecule has 4 nitrogen and oxygen atoms in total. The fourth-order valence-electron chi connectivity index (χ4n) is 2.73. The predicted octanol–water partition coefficient (Wildman–Crippen LogP) is 3.37.